The van der Waals surface area contributed by atoms with E-state index in [9.17, 15) is 9.18 Å². The Bertz CT molecular complexity index is 1430. The van der Waals surface area contributed by atoms with Crippen LogP contribution in [-0.4, -0.2) is 5.91 Å². The third-order valence-corrected chi connectivity index (χ3v) is 5.78. The molecule has 3 heteroatoms. The molecule has 3 aromatic carbocycles. The lowest BCUT2D eigenvalue weighted by atomic mass is 9.97. The summed E-state index contributed by atoms with van der Waals surface area (Å²) in [4.78, 5) is 12.9. The molecule has 178 valence electrons. The van der Waals surface area contributed by atoms with Gasteiger partial charge in [-0.3, -0.25) is 4.79 Å². The predicted octanol–water partition coefficient (Wildman–Crippen LogP) is 6.48. The van der Waals surface area contributed by atoms with E-state index >= 15 is 0 Å². The number of nitrogens with one attached hydrogen (secondary N) is 1. The van der Waals surface area contributed by atoms with Crippen LogP contribution >= 0.6 is 0 Å². The summed E-state index contributed by atoms with van der Waals surface area (Å²) in [6, 6.07) is 18.2. The molecule has 0 radical (unpaired) electrons. The van der Waals surface area contributed by atoms with Gasteiger partial charge in [0.05, 0.1) is 5.56 Å². The summed E-state index contributed by atoms with van der Waals surface area (Å²) >= 11 is 0. The van der Waals surface area contributed by atoms with Crippen molar-refractivity contribution in [3.05, 3.63) is 111 Å². The quantitative estimate of drug-likeness (QED) is 0.430. The summed E-state index contributed by atoms with van der Waals surface area (Å²) in [5.74, 6) is 5.66. The maximum absolute atomic E-state index is 14.6. The number of carbonyl (C=O) groups is 1. The molecule has 35 heavy (non-hydrogen) atoms. The Morgan fingerprint density at radius 3 is 2.54 bits per heavy atom. The van der Waals surface area contributed by atoms with Crippen molar-refractivity contribution in [2.75, 3.05) is 5.32 Å². The molecule has 3 rings (SSSR count). The summed E-state index contributed by atoms with van der Waals surface area (Å²) in [6.07, 6.45) is 7.01. The Morgan fingerprint density at radius 1 is 1.09 bits per heavy atom. The van der Waals surface area contributed by atoms with Gasteiger partial charge in [-0.25, -0.2) is 4.39 Å². The standard InChI is InChI=1S/C32H32FNO/c1-6-8-11-26(29-13-10-9-12-25(29)7-2)16-14-24-15-19-31(33)30(21-24)32(35)34-27-17-18-28(22(3)4)23(5)20-27/h7-13,15,17-22H,6H2,1-5H3,(H,34,35)/b11-8+,25-7-,29-26+. The van der Waals surface area contributed by atoms with E-state index in [4.69, 9.17) is 0 Å². The molecule has 0 fully saturated rings. The number of hydrogen-bond donors (Lipinski definition) is 1. The highest BCUT2D eigenvalue weighted by molar-refractivity contribution is 6.04. The van der Waals surface area contributed by atoms with Crippen LogP contribution in [0.3, 0.4) is 0 Å². The topological polar surface area (TPSA) is 29.1 Å². The Kier molecular flexibility index (Phi) is 8.81. The molecular formula is C32H32FNO. The molecular weight excluding hydrogens is 433 g/mol. The zero-order valence-electron chi connectivity index (χ0n) is 21.1. The lowest BCUT2D eigenvalue weighted by molar-refractivity contribution is 0.102. The number of aryl methyl sites for hydroxylation is 1. The molecule has 0 saturated heterocycles. The number of benzene rings is 3. The Balaban J connectivity index is 1.96. The van der Waals surface area contributed by atoms with Crippen LogP contribution in [0.4, 0.5) is 10.1 Å². The summed E-state index contributed by atoms with van der Waals surface area (Å²) in [7, 11) is 0. The van der Waals surface area contributed by atoms with Crippen molar-refractivity contribution in [2.45, 2.75) is 47.0 Å². The Morgan fingerprint density at radius 2 is 1.86 bits per heavy atom. The molecule has 0 saturated carbocycles. The maximum atomic E-state index is 14.6. The van der Waals surface area contributed by atoms with Gasteiger partial charge in [-0.05, 0) is 84.2 Å². The van der Waals surface area contributed by atoms with Gasteiger partial charge in [0.15, 0.2) is 0 Å². The first-order valence-corrected chi connectivity index (χ1v) is 12.0. The average Bonchev–Trinajstić information content (AvgIpc) is 2.84. The fourth-order valence-corrected chi connectivity index (χ4v) is 3.94. The largest absolute Gasteiger partial charge is 0.322 e. The highest BCUT2D eigenvalue weighted by Crippen LogP contribution is 2.23. The molecule has 3 aromatic rings. The molecule has 0 aliphatic rings. The molecule has 2 nitrogen and oxygen atoms in total. The van der Waals surface area contributed by atoms with E-state index in [1.165, 1.54) is 17.7 Å². The number of amides is 1. The highest BCUT2D eigenvalue weighted by Gasteiger charge is 2.13. The Labute approximate surface area is 207 Å². The number of rotatable bonds is 5. The first kappa shape index (κ1) is 25.7. The van der Waals surface area contributed by atoms with Gasteiger partial charge < -0.3 is 5.32 Å². The van der Waals surface area contributed by atoms with E-state index in [-0.39, 0.29) is 5.56 Å². The highest BCUT2D eigenvalue weighted by atomic mass is 19.1. The lowest BCUT2D eigenvalue weighted by Crippen LogP contribution is -2.25. The number of halogens is 1. The van der Waals surface area contributed by atoms with E-state index < -0.39 is 11.7 Å². The average molecular weight is 466 g/mol. The van der Waals surface area contributed by atoms with Gasteiger partial charge in [0.1, 0.15) is 5.82 Å². The second-order valence-corrected chi connectivity index (χ2v) is 8.73. The van der Waals surface area contributed by atoms with Crippen molar-refractivity contribution in [3.8, 4) is 11.8 Å². The number of allylic oxidation sites excluding steroid dienone is 2. The molecule has 0 aliphatic carbocycles. The number of carbonyl (C=O) groups excluding carboxylic acids is 1. The lowest BCUT2D eigenvalue weighted by Gasteiger charge is -2.12. The van der Waals surface area contributed by atoms with Gasteiger partial charge in [-0.1, -0.05) is 75.1 Å². The first-order chi connectivity index (χ1) is 16.8. The van der Waals surface area contributed by atoms with Crippen molar-refractivity contribution in [2.24, 2.45) is 0 Å². The fraction of sp³-hybridized carbons (Fsp3) is 0.219. The normalized spacial score (nSPS) is 12.5. The van der Waals surface area contributed by atoms with Crippen molar-refractivity contribution >= 4 is 23.2 Å². The van der Waals surface area contributed by atoms with Crippen molar-refractivity contribution in [3.63, 3.8) is 0 Å². The molecule has 0 aromatic heterocycles. The van der Waals surface area contributed by atoms with Crippen molar-refractivity contribution in [1.29, 1.82) is 0 Å². The first-order valence-electron chi connectivity index (χ1n) is 12.0. The van der Waals surface area contributed by atoms with Gasteiger partial charge in [0.2, 0.25) is 0 Å². The monoisotopic (exact) mass is 465 g/mol. The zero-order chi connectivity index (χ0) is 25.4. The molecule has 0 heterocycles. The van der Waals surface area contributed by atoms with Crippen LogP contribution in [0.5, 0.6) is 0 Å². The van der Waals surface area contributed by atoms with E-state index in [0.29, 0.717) is 17.2 Å². The second kappa shape index (κ2) is 12.0. The summed E-state index contributed by atoms with van der Waals surface area (Å²) in [5, 5.41) is 4.95. The van der Waals surface area contributed by atoms with Gasteiger partial charge >= 0.3 is 0 Å². The van der Waals surface area contributed by atoms with Crippen LogP contribution in [0.25, 0.3) is 11.6 Å². The van der Waals surface area contributed by atoms with Gasteiger partial charge in [-0.15, -0.1) is 0 Å². The van der Waals surface area contributed by atoms with Crippen LogP contribution in [0.2, 0.25) is 0 Å². The summed E-state index contributed by atoms with van der Waals surface area (Å²) in [5.41, 5.74) is 4.36. The van der Waals surface area contributed by atoms with Crippen molar-refractivity contribution in [1.82, 2.24) is 0 Å². The molecule has 0 bridgehead atoms. The van der Waals surface area contributed by atoms with Gasteiger partial charge in [-0.2, -0.15) is 0 Å². The fourth-order valence-electron chi connectivity index (χ4n) is 3.94. The minimum absolute atomic E-state index is 0.0321. The van der Waals surface area contributed by atoms with Crippen LogP contribution < -0.4 is 15.8 Å². The zero-order valence-corrected chi connectivity index (χ0v) is 21.1. The van der Waals surface area contributed by atoms with Gasteiger partial charge in [0.25, 0.3) is 5.91 Å². The van der Waals surface area contributed by atoms with E-state index in [0.717, 1.165) is 28.0 Å². The molecule has 0 unspecified atom stereocenters. The Hall–Kier alpha value is -3.90. The van der Waals surface area contributed by atoms with Crippen LogP contribution in [-0.2, 0) is 0 Å². The SMILES string of the molecule is C/C=c1/cccc/c1=C(C#Cc1ccc(F)c(C(=O)Nc2ccc(C(C)C)c(C)c2)c1)/C=C/CC. The number of hydrogen-bond acceptors (Lipinski definition) is 1. The van der Waals surface area contributed by atoms with E-state index in [1.807, 2.05) is 68.5 Å². The number of anilines is 1. The third-order valence-electron chi connectivity index (χ3n) is 5.78. The minimum Gasteiger partial charge on any atom is -0.322 e. The predicted molar refractivity (Wildman–Crippen MR) is 145 cm³/mol. The van der Waals surface area contributed by atoms with Crippen LogP contribution in [0.15, 0.2) is 72.8 Å². The van der Waals surface area contributed by atoms with E-state index in [1.54, 1.807) is 6.07 Å². The van der Waals surface area contributed by atoms with Crippen molar-refractivity contribution < 1.29 is 9.18 Å². The molecule has 1 N–H and O–H groups in total. The molecule has 0 atom stereocenters. The smallest absolute Gasteiger partial charge is 0.258 e. The van der Waals surface area contributed by atoms with E-state index in [2.05, 4.69) is 44.0 Å². The molecule has 1 amide bonds. The summed E-state index contributed by atoms with van der Waals surface area (Å²) in [6.45, 7) is 10.3. The summed E-state index contributed by atoms with van der Waals surface area (Å²) < 4.78 is 14.6. The molecule has 0 spiro atoms. The third kappa shape index (κ3) is 6.58. The maximum Gasteiger partial charge on any atom is 0.258 e. The second-order valence-electron chi connectivity index (χ2n) is 8.73. The molecule has 0 aliphatic heterocycles. The van der Waals surface area contributed by atoms with Crippen LogP contribution in [0.1, 0.15) is 67.1 Å². The van der Waals surface area contributed by atoms with Gasteiger partial charge in [0, 0.05) is 16.8 Å². The minimum atomic E-state index is -0.579. The van der Waals surface area contributed by atoms with Crippen LogP contribution in [0, 0.1) is 24.6 Å².